The molecule has 4 nitrogen and oxygen atoms in total. The molecule has 1 aliphatic rings. The summed E-state index contributed by atoms with van der Waals surface area (Å²) < 4.78 is 17.4. The third-order valence-corrected chi connectivity index (χ3v) is 6.58. The van der Waals surface area contributed by atoms with Crippen LogP contribution in [0.2, 0.25) is 0 Å². The minimum atomic E-state index is -0.275. The van der Waals surface area contributed by atoms with Crippen LogP contribution in [-0.4, -0.2) is 38.5 Å². The molecule has 0 aliphatic carbocycles. The molecule has 4 heteroatoms. The molecule has 1 fully saturated rings. The Hall–Kier alpha value is -1.49. The van der Waals surface area contributed by atoms with E-state index in [1.165, 1.54) is 24.8 Å². The molecular formula is C28H46O4. The van der Waals surface area contributed by atoms with E-state index in [0.717, 1.165) is 5.57 Å². The number of hydrogen-bond acceptors (Lipinski definition) is 4. The number of methoxy groups -OCH3 is 2. The van der Waals surface area contributed by atoms with E-state index in [-0.39, 0.29) is 36.1 Å². The zero-order valence-corrected chi connectivity index (χ0v) is 21.8. The lowest BCUT2D eigenvalue weighted by Crippen LogP contribution is -2.24. The average Bonchev–Trinajstić information content (AvgIpc) is 3.07. The number of Topliss-reactive ketones (excluding diaryl/α,β-unsaturated/α-hetero) is 1. The van der Waals surface area contributed by atoms with E-state index in [2.05, 4.69) is 58.9 Å². The molecule has 1 aliphatic heterocycles. The van der Waals surface area contributed by atoms with Crippen molar-refractivity contribution in [1.29, 1.82) is 0 Å². The molecular weight excluding hydrogens is 400 g/mol. The molecule has 0 radical (unpaired) electrons. The lowest BCUT2D eigenvalue weighted by Gasteiger charge is -2.18. The summed E-state index contributed by atoms with van der Waals surface area (Å²) in [7, 11) is 3.34. The van der Waals surface area contributed by atoms with Crippen molar-refractivity contribution in [2.45, 2.75) is 86.2 Å². The number of carbonyl (C=O) groups is 1. The number of hydrogen-bond donors (Lipinski definition) is 0. The second-order valence-corrected chi connectivity index (χ2v) is 9.38. The monoisotopic (exact) mass is 446 g/mol. The van der Waals surface area contributed by atoms with Gasteiger partial charge >= 0.3 is 0 Å². The lowest BCUT2D eigenvalue weighted by atomic mass is 9.87. The van der Waals surface area contributed by atoms with Crippen molar-refractivity contribution in [3.63, 3.8) is 0 Å². The summed E-state index contributed by atoms with van der Waals surface area (Å²) in [6.45, 7) is 14.4. The highest BCUT2D eigenvalue weighted by molar-refractivity contribution is 5.78. The summed E-state index contributed by atoms with van der Waals surface area (Å²) in [5, 5.41) is 0. The maximum absolute atomic E-state index is 11.7. The van der Waals surface area contributed by atoms with Crippen molar-refractivity contribution in [1.82, 2.24) is 0 Å². The highest BCUT2D eigenvalue weighted by atomic mass is 16.7. The summed E-state index contributed by atoms with van der Waals surface area (Å²) in [6, 6.07) is 0. The lowest BCUT2D eigenvalue weighted by molar-refractivity contribution is -0.123. The van der Waals surface area contributed by atoms with Crippen LogP contribution in [0.25, 0.3) is 0 Å². The Labute approximate surface area is 196 Å². The van der Waals surface area contributed by atoms with Crippen LogP contribution in [0.1, 0.15) is 67.7 Å². The quantitative estimate of drug-likeness (QED) is 0.296. The fourth-order valence-corrected chi connectivity index (χ4v) is 4.17. The molecule has 0 N–H and O–H groups in total. The number of ether oxygens (including phenoxy) is 3. The standard InChI is InChI=1S/C28H46O4/c1-10-11-13-19(2)14-12-15-21(4)27-23(6)25(28(31-9)32-27)18-20(3)16-17-26(30-8)22(5)24(7)29/h12,14-19,22-23,25-28H,10-11,13H2,1-9H3/t19?,22?,23-,25-,26?,27+,28-/m0/s1. The molecule has 0 amide bonds. The van der Waals surface area contributed by atoms with Crippen LogP contribution in [-0.2, 0) is 19.0 Å². The minimum Gasteiger partial charge on any atom is -0.377 e. The van der Waals surface area contributed by atoms with E-state index >= 15 is 0 Å². The van der Waals surface area contributed by atoms with Crippen LogP contribution in [0, 0.1) is 23.7 Å². The maximum Gasteiger partial charge on any atom is 0.164 e. The van der Waals surface area contributed by atoms with Gasteiger partial charge in [0.05, 0.1) is 12.2 Å². The van der Waals surface area contributed by atoms with Crippen molar-refractivity contribution < 1.29 is 19.0 Å². The molecule has 182 valence electrons. The molecule has 0 aromatic rings. The van der Waals surface area contributed by atoms with E-state index in [1.54, 1.807) is 21.1 Å². The number of ketones is 1. The van der Waals surface area contributed by atoms with Gasteiger partial charge in [0, 0.05) is 26.1 Å². The summed E-state index contributed by atoms with van der Waals surface area (Å²) in [5.74, 6) is 0.995. The van der Waals surface area contributed by atoms with Gasteiger partial charge in [0.25, 0.3) is 0 Å². The van der Waals surface area contributed by atoms with Crippen LogP contribution in [0.4, 0.5) is 0 Å². The van der Waals surface area contributed by atoms with E-state index in [0.29, 0.717) is 11.8 Å². The van der Waals surface area contributed by atoms with Crippen molar-refractivity contribution in [3.8, 4) is 0 Å². The Morgan fingerprint density at radius 3 is 2.38 bits per heavy atom. The third-order valence-electron chi connectivity index (χ3n) is 6.58. The maximum atomic E-state index is 11.7. The molecule has 32 heavy (non-hydrogen) atoms. The first-order chi connectivity index (χ1) is 15.2. The van der Waals surface area contributed by atoms with Crippen LogP contribution >= 0.6 is 0 Å². The number of allylic oxidation sites excluding steroid dienone is 5. The van der Waals surface area contributed by atoms with Crippen LogP contribution in [0.5, 0.6) is 0 Å². The van der Waals surface area contributed by atoms with E-state index < -0.39 is 0 Å². The Morgan fingerprint density at radius 2 is 1.81 bits per heavy atom. The van der Waals surface area contributed by atoms with E-state index in [4.69, 9.17) is 14.2 Å². The van der Waals surface area contributed by atoms with Gasteiger partial charge in [-0.3, -0.25) is 4.79 Å². The number of carbonyl (C=O) groups excluding carboxylic acids is 1. The molecule has 3 unspecified atom stereocenters. The van der Waals surface area contributed by atoms with Gasteiger partial charge in [-0.15, -0.1) is 0 Å². The molecule has 0 aromatic heterocycles. The second-order valence-electron chi connectivity index (χ2n) is 9.38. The molecule has 1 saturated heterocycles. The molecule has 1 heterocycles. The first-order valence-electron chi connectivity index (χ1n) is 12.1. The average molecular weight is 447 g/mol. The number of rotatable bonds is 13. The predicted molar refractivity (Wildman–Crippen MR) is 133 cm³/mol. The highest BCUT2D eigenvalue weighted by Gasteiger charge is 2.41. The molecule has 0 bridgehead atoms. The van der Waals surface area contributed by atoms with Crippen molar-refractivity contribution in [3.05, 3.63) is 47.6 Å². The Kier molecular flexibility index (Phi) is 13.0. The second kappa shape index (κ2) is 14.6. The molecule has 0 saturated carbocycles. The fraction of sp³-hybridized carbons (Fsp3) is 0.679. The number of unbranched alkanes of at least 4 members (excludes halogenated alkanes) is 1. The van der Waals surface area contributed by atoms with Gasteiger partial charge in [-0.05, 0) is 44.6 Å². The predicted octanol–water partition coefficient (Wildman–Crippen LogP) is 6.68. The van der Waals surface area contributed by atoms with Crippen molar-refractivity contribution in [2.75, 3.05) is 14.2 Å². The van der Waals surface area contributed by atoms with Gasteiger partial charge in [-0.2, -0.15) is 0 Å². The minimum absolute atomic E-state index is 0.0260. The van der Waals surface area contributed by atoms with Crippen molar-refractivity contribution >= 4 is 5.78 Å². The van der Waals surface area contributed by atoms with Gasteiger partial charge in [0.2, 0.25) is 0 Å². The Bertz CT molecular complexity index is 688. The molecule has 0 aromatic carbocycles. The zero-order chi connectivity index (χ0) is 24.3. The third kappa shape index (κ3) is 8.80. The van der Waals surface area contributed by atoms with Crippen molar-refractivity contribution in [2.24, 2.45) is 23.7 Å². The van der Waals surface area contributed by atoms with Gasteiger partial charge in [0.15, 0.2) is 6.29 Å². The zero-order valence-electron chi connectivity index (χ0n) is 21.8. The summed E-state index contributed by atoms with van der Waals surface area (Å²) >= 11 is 0. The molecule has 1 rings (SSSR count). The molecule has 7 atom stereocenters. The largest absolute Gasteiger partial charge is 0.377 e. The topological polar surface area (TPSA) is 44.8 Å². The van der Waals surface area contributed by atoms with Crippen LogP contribution in [0.3, 0.4) is 0 Å². The van der Waals surface area contributed by atoms with E-state index in [1.807, 2.05) is 19.1 Å². The van der Waals surface area contributed by atoms with Crippen LogP contribution < -0.4 is 0 Å². The van der Waals surface area contributed by atoms with Gasteiger partial charge < -0.3 is 14.2 Å². The fourth-order valence-electron chi connectivity index (χ4n) is 4.17. The smallest absolute Gasteiger partial charge is 0.164 e. The van der Waals surface area contributed by atoms with Crippen LogP contribution in [0.15, 0.2) is 47.6 Å². The Balaban J connectivity index is 2.89. The summed E-state index contributed by atoms with van der Waals surface area (Å²) in [4.78, 5) is 11.7. The summed E-state index contributed by atoms with van der Waals surface area (Å²) in [6.07, 6.45) is 16.1. The SMILES string of the molecule is CCCCC(C)C=CC=C(C)[C@H]1O[C@H](OC)[C@@H](C=C(C)C=CC(OC)C(C)C(C)=O)[C@@H]1C. The Morgan fingerprint density at radius 1 is 1.12 bits per heavy atom. The first-order valence-corrected chi connectivity index (χ1v) is 12.1. The summed E-state index contributed by atoms with van der Waals surface area (Å²) in [5.41, 5.74) is 2.33. The highest BCUT2D eigenvalue weighted by Crippen LogP contribution is 2.38. The normalized spacial score (nSPS) is 27.9. The first kappa shape index (κ1) is 28.5. The van der Waals surface area contributed by atoms with E-state index in [9.17, 15) is 4.79 Å². The van der Waals surface area contributed by atoms with Gasteiger partial charge in [0.1, 0.15) is 5.78 Å². The molecule has 0 spiro atoms. The van der Waals surface area contributed by atoms with Gasteiger partial charge in [-0.1, -0.05) is 82.6 Å². The van der Waals surface area contributed by atoms with Gasteiger partial charge in [-0.25, -0.2) is 0 Å².